The van der Waals surface area contributed by atoms with Crippen LogP contribution < -0.4 is 0 Å². The third kappa shape index (κ3) is 2.99. The summed E-state index contributed by atoms with van der Waals surface area (Å²) in [7, 11) is 0. The zero-order valence-electron chi connectivity index (χ0n) is 17.6. The molecule has 4 aliphatic rings. The van der Waals surface area contributed by atoms with E-state index in [-0.39, 0.29) is 11.7 Å². The zero-order chi connectivity index (χ0) is 19.9. The van der Waals surface area contributed by atoms with Crippen LogP contribution >= 0.6 is 0 Å². The van der Waals surface area contributed by atoms with E-state index in [0.717, 1.165) is 44.9 Å². The van der Waals surface area contributed by atoms with Crippen molar-refractivity contribution >= 4 is 5.78 Å². The van der Waals surface area contributed by atoms with Gasteiger partial charge in [-0.05, 0) is 87.9 Å². The summed E-state index contributed by atoms with van der Waals surface area (Å²) >= 11 is 0. The van der Waals surface area contributed by atoms with Crippen LogP contribution in [0.15, 0.2) is 22.8 Å². The van der Waals surface area contributed by atoms with Crippen molar-refractivity contribution in [2.24, 2.45) is 17.3 Å². The lowest BCUT2D eigenvalue weighted by Crippen LogP contribution is -2.52. The summed E-state index contributed by atoms with van der Waals surface area (Å²) in [5.41, 5.74) is 4.04. The summed E-state index contributed by atoms with van der Waals surface area (Å²) < 4.78 is 12.2. The van der Waals surface area contributed by atoms with Crippen LogP contribution in [-0.4, -0.2) is 24.3 Å². The van der Waals surface area contributed by atoms with Gasteiger partial charge in [-0.3, -0.25) is 4.79 Å². The monoisotopic (exact) mass is 383 g/mol. The Labute approximate surface area is 169 Å². The second-order valence-corrected chi connectivity index (χ2v) is 9.32. The predicted molar refractivity (Wildman–Crippen MR) is 107 cm³/mol. The van der Waals surface area contributed by atoms with Crippen molar-refractivity contribution in [3.63, 3.8) is 0 Å². The number of ether oxygens (including phenoxy) is 2. The molecule has 152 valence electrons. The highest BCUT2D eigenvalue weighted by Crippen LogP contribution is 2.65. The van der Waals surface area contributed by atoms with E-state index >= 15 is 0 Å². The number of hydrogen-bond donors (Lipinski definition) is 0. The number of nitriles is 1. The molecule has 4 rings (SSSR count). The molecular weight excluding hydrogens is 350 g/mol. The Kier molecular flexibility index (Phi) is 5.27. The molecule has 1 unspecified atom stereocenters. The van der Waals surface area contributed by atoms with E-state index in [1.165, 1.54) is 11.1 Å². The average Bonchev–Trinajstić information content (AvgIpc) is 2.94. The van der Waals surface area contributed by atoms with Crippen LogP contribution in [0.1, 0.15) is 78.6 Å². The number of carbonyl (C=O) groups excluding carboxylic acids is 1. The number of nitrogens with zero attached hydrogens (tertiary/aromatic N) is 1. The lowest BCUT2D eigenvalue weighted by molar-refractivity contribution is -0.237. The normalized spacial score (nSPS) is 38.2. The summed E-state index contributed by atoms with van der Waals surface area (Å²) in [5, 5.41) is 9.63. The van der Waals surface area contributed by atoms with Crippen LogP contribution in [0.4, 0.5) is 0 Å². The Hall–Kier alpha value is -1.44. The third-order valence-electron chi connectivity index (χ3n) is 8.18. The number of carbonyl (C=O) groups is 1. The van der Waals surface area contributed by atoms with Crippen LogP contribution in [0.5, 0.6) is 0 Å². The fraction of sp³-hybridized carbons (Fsp3) is 0.750. The van der Waals surface area contributed by atoms with Gasteiger partial charge in [0.2, 0.25) is 0 Å². The van der Waals surface area contributed by atoms with Gasteiger partial charge < -0.3 is 9.47 Å². The van der Waals surface area contributed by atoms with Gasteiger partial charge in [-0.15, -0.1) is 0 Å². The van der Waals surface area contributed by atoms with Crippen LogP contribution in [0.2, 0.25) is 0 Å². The highest BCUT2D eigenvalue weighted by atomic mass is 16.7. The van der Waals surface area contributed by atoms with Gasteiger partial charge in [0, 0.05) is 18.4 Å². The molecule has 4 heteroatoms. The molecule has 0 radical (unpaired) electrons. The zero-order valence-corrected chi connectivity index (χ0v) is 17.6. The first-order valence-electron chi connectivity index (χ1n) is 11.1. The van der Waals surface area contributed by atoms with E-state index < -0.39 is 5.60 Å². The SMILES string of the molecule is CCOC(C)O[C@@]1(CC#N)CC[C@H]2[C@@H]3CCC4=CC(=O)CCC4=C3CC[C@@]21C. The molecule has 28 heavy (non-hydrogen) atoms. The van der Waals surface area contributed by atoms with Crippen LogP contribution in [0, 0.1) is 28.6 Å². The van der Waals surface area contributed by atoms with E-state index in [1.807, 2.05) is 19.9 Å². The third-order valence-corrected chi connectivity index (χ3v) is 8.18. The van der Waals surface area contributed by atoms with Crippen molar-refractivity contribution in [3.05, 3.63) is 22.8 Å². The Balaban J connectivity index is 1.66. The van der Waals surface area contributed by atoms with E-state index in [9.17, 15) is 10.1 Å². The first kappa shape index (κ1) is 19.9. The molecule has 0 bridgehead atoms. The predicted octanol–water partition coefficient (Wildman–Crippen LogP) is 5.24. The maximum Gasteiger partial charge on any atom is 0.156 e. The van der Waals surface area contributed by atoms with Gasteiger partial charge in [0.05, 0.1) is 18.1 Å². The Bertz CT molecular complexity index is 760. The molecule has 0 aromatic rings. The largest absolute Gasteiger partial charge is 0.353 e. The summed E-state index contributed by atoms with van der Waals surface area (Å²) in [4.78, 5) is 11.9. The highest BCUT2D eigenvalue weighted by Gasteiger charge is 2.62. The minimum absolute atomic E-state index is 0.00845. The first-order chi connectivity index (χ1) is 13.4. The van der Waals surface area contributed by atoms with Gasteiger partial charge in [0.1, 0.15) is 0 Å². The minimum Gasteiger partial charge on any atom is -0.353 e. The standard InChI is InChI=1S/C24H33NO3/c1-4-27-16(2)28-24(13-14-25)12-10-22-21-7-5-17-15-18(26)6-8-19(17)20(21)9-11-23(22,24)3/h15-16,21-22H,4-13H2,1-3H3/t16?,21-,22+,23+,24-/m1/s1. The first-order valence-corrected chi connectivity index (χ1v) is 11.1. The van der Waals surface area contributed by atoms with E-state index in [4.69, 9.17) is 9.47 Å². The highest BCUT2D eigenvalue weighted by molar-refractivity contribution is 5.93. The van der Waals surface area contributed by atoms with Gasteiger partial charge in [-0.25, -0.2) is 0 Å². The summed E-state index contributed by atoms with van der Waals surface area (Å²) in [6.07, 6.45) is 10.1. The van der Waals surface area contributed by atoms with Crippen molar-refractivity contribution in [2.75, 3.05) is 6.61 Å². The number of rotatable bonds is 5. The van der Waals surface area contributed by atoms with Crippen molar-refractivity contribution < 1.29 is 14.3 Å². The molecule has 4 aliphatic carbocycles. The van der Waals surface area contributed by atoms with E-state index in [2.05, 4.69) is 13.0 Å². The van der Waals surface area contributed by atoms with Crippen molar-refractivity contribution in [1.82, 2.24) is 0 Å². The molecule has 0 aliphatic heterocycles. The summed E-state index contributed by atoms with van der Waals surface area (Å²) in [5.74, 6) is 1.45. The quantitative estimate of drug-likeness (QED) is 0.609. The van der Waals surface area contributed by atoms with Gasteiger partial charge in [-0.1, -0.05) is 12.5 Å². The second-order valence-electron chi connectivity index (χ2n) is 9.32. The van der Waals surface area contributed by atoms with Crippen molar-refractivity contribution in [1.29, 1.82) is 5.26 Å². The molecule has 2 fully saturated rings. The van der Waals surface area contributed by atoms with E-state index in [1.54, 1.807) is 5.57 Å². The number of fused-ring (bicyclic) bond motifs is 4. The maximum absolute atomic E-state index is 11.9. The van der Waals surface area contributed by atoms with E-state index in [0.29, 0.717) is 37.1 Å². The maximum atomic E-state index is 11.9. The number of allylic oxidation sites excluding steroid dienone is 4. The fourth-order valence-electron chi connectivity index (χ4n) is 6.86. The Morgan fingerprint density at radius 3 is 2.82 bits per heavy atom. The van der Waals surface area contributed by atoms with Gasteiger partial charge in [-0.2, -0.15) is 5.26 Å². The molecule has 0 aromatic heterocycles. The molecular formula is C24H33NO3. The average molecular weight is 384 g/mol. The van der Waals surface area contributed by atoms with Crippen LogP contribution in [0.3, 0.4) is 0 Å². The Morgan fingerprint density at radius 1 is 1.25 bits per heavy atom. The van der Waals surface area contributed by atoms with Crippen LogP contribution in [0.25, 0.3) is 0 Å². The van der Waals surface area contributed by atoms with Gasteiger partial charge >= 0.3 is 0 Å². The molecule has 2 saturated carbocycles. The van der Waals surface area contributed by atoms with Crippen LogP contribution in [-0.2, 0) is 14.3 Å². The Morgan fingerprint density at radius 2 is 2.07 bits per heavy atom. The summed E-state index contributed by atoms with van der Waals surface area (Å²) in [6.45, 7) is 6.94. The van der Waals surface area contributed by atoms with Gasteiger partial charge in [0.15, 0.2) is 12.1 Å². The molecule has 0 spiro atoms. The molecule has 0 N–H and O–H groups in total. The molecule has 0 amide bonds. The van der Waals surface area contributed by atoms with Gasteiger partial charge in [0.25, 0.3) is 0 Å². The van der Waals surface area contributed by atoms with Crippen molar-refractivity contribution in [2.45, 2.75) is 90.4 Å². The smallest absolute Gasteiger partial charge is 0.156 e. The van der Waals surface area contributed by atoms with Crippen molar-refractivity contribution in [3.8, 4) is 6.07 Å². The second kappa shape index (κ2) is 7.43. The molecule has 0 heterocycles. The number of ketones is 1. The molecule has 5 atom stereocenters. The topological polar surface area (TPSA) is 59.3 Å². The lowest BCUT2D eigenvalue weighted by Gasteiger charge is -2.53. The lowest BCUT2D eigenvalue weighted by atomic mass is 9.54. The fourth-order valence-corrected chi connectivity index (χ4v) is 6.86. The molecule has 0 saturated heterocycles. The molecule has 4 nitrogen and oxygen atoms in total. The molecule has 0 aromatic carbocycles. The minimum atomic E-state index is -0.407. The summed E-state index contributed by atoms with van der Waals surface area (Å²) in [6, 6.07) is 2.44. The number of hydrogen-bond acceptors (Lipinski definition) is 4.